The minimum Gasteiger partial charge on any atom is -0.327 e. The Kier molecular flexibility index (Phi) is 5.62. The van der Waals surface area contributed by atoms with Crippen molar-refractivity contribution in [1.29, 1.82) is 0 Å². The number of fused-ring (bicyclic) bond motifs is 3. The third-order valence-electron chi connectivity index (χ3n) is 10.9. The molecule has 2 heteroatoms. The lowest BCUT2D eigenvalue weighted by molar-refractivity contribution is 0.959. The third kappa shape index (κ3) is 3.88. The highest BCUT2D eigenvalue weighted by Gasteiger charge is 2.17. The zero-order valence-electron chi connectivity index (χ0n) is 27.5. The van der Waals surface area contributed by atoms with Gasteiger partial charge in [-0.2, -0.15) is 0 Å². The van der Waals surface area contributed by atoms with Crippen LogP contribution in [0.3, 0.4) is 0 Å². The van der Waals surface area contributed by atoms with Gasteiger partial charge in [-0.3, -0.25) is 0 Å². The zero-order chi connectivity index (χ0) is 32.9. The molecule has 0 atom stereocenters. The molecular weight excluding hydrogens is 605 g/mol. The molecule has 232 valence electrons. The Morgan fingerprint density at radius 3 is 1.50 bits per heavy atom. The highest BCUT2D eigenvalue weighted by molar-refractivity contribution is 6.37. The van der Waals surface area contributed by atoms with Crippen LogP contribution in [0.2, 0.25) is 0 Å². The van der Waals surface area contributed by atoms with Gasteiger partial charge in [-0.1, -0.05) is 140 Å². The highest BCUT2D eigenvalue weighted by Crippen LogP contribution is 2.44. The Bertz CT molecular complexity index is 3130. The summed E-state index contributed by atoms with van der Waals surface area (Å²) in [7, 11) is 2.09. The summed E-state index contributed by atoms with van der Waals surface area (Å²) in [5, 5.41) is 15.6. The first-order valence-electron chi connectivity index (χ1n) is 17.3. The fourth-order valence-corrected chi connectivity index (χ4v) is 8.53. The second-order valence-corrected chi connectivity index (χ2v) is 13.6. The second-order valence-electron chi connectivity index (χ2n) is 13.6. The van der Waals surface area contributed by atoms with Crippen molar-refractivity contribution in [3.63, 3.8) is 0 Å². The molecule has 0 spiro atoms. The van der Waals surface area contributed by atoms with E-state index in [1.807, 2.05) is 6.07 Å². The van der Waals surface area contributed by atoms with Crippen molar-refractivity contribution in [3.05, 3.63) is 164 Å². The van der Waals surface area contributed by atoms with Gasteiger partial charge >= 0.3 is 0 Å². The molecule has 0 N–H and O–H groups in total. The smallest absolute Gasteiger partial charge is 0.140 e. The quantitative estimate of drug-likeness (QED) is 0.177. The summed E-state index contributed by atoms with van der Waals surface area (Å²) in [6.45, 7) is 0. The van der Waals surface area contributed by atoms with Crippen LogP contribution in [-0.4, -0.2) is 9.55 Å². The first kappa shape index (κ1) is 27.4. The molecule has 11 aromatic rings. The van der Waals surface area contributed by atoms with Gasteiger partial charge in [0.05, 0.1) is 11.0 Å². The summed E-state index contributed by atoms with van der Waals surface area (Å²) in [5.74, 6) is 0.982. The van der Waals surface area contributed by atoms with Crippen LogP contribution in [0.5, 0.6) is 0 Å². The van der Waals surface area contributed by atoms with Crippen LogP contribution in [0.4, 0.5) is 0 Å². The Balaban J connectivity index is 1.12. The number of nitrogens with zero attached hydrogens (tertiary/aromatic N) is 2. The molecule has 11 rings (SSSR count). The topological polar surface area (TPSA) is 17.8 Å². The lowest BCUT2D eigenvalue weighted by atomic mass is 9.86. The minimum atomic E-state index is 0.982. The highest BCUT2D eigenvalue weighted by atomic mass is 15.1. The number of aryl methyl sites for hydroxylation is 1. The molecule has 0 aliphatic rings. The number of aromatic nitrogens is 2. The lowest BCUT2D eigenvalue weighted by Gasteiger charge is -2.17. The molecule has 0 amide bonds. The monoisotopic (exact) mass is 634 g/mol. The van der Waals surface area contributed by atoms with Crippen LogP contribution in [0.15, 0.2) is 164 Å². The molecule has 1 heterocycles. The summed E-state index contributed by atoms with van der Waals surface area (Å²) in [4.78, 5) is 5.03. The van der Waals surface area contributed by atoms with E-state index < -0.39 is 0 Å². The summed E-state index contributed by atoms with van der Waals surface area (Å²) in [6, 6.07) is 60.4. The summed E-state index contributed by atoms with van der Waals surface area (Å²) < 4.78 is 2.18. The molecule has 0 aliphatic heterocycles. The maximum atomic E-state index is 5.03. The third-order valence-corrected chi connectivity index (χ3v) is 10.9. The van der Waals surface area contributed by atoms with E-state index in [0.717, 1.165) is 22.4 Å². The second kappa shape index (κ2) is 10.2. The van der Waals surface area contributed by atoms with E-state index in [1.54, 1.807) is 0 Å². The number of hydrogen-bond acceptors (Lipinski definition) is 1. The molecule has 0 saturated heterocycles. The Morgan fingerprint density at radius 2 is 0.880 bits per heavy atom. The lowest BCUT2D eigenvalue weighted by Crippen LogP contribution is -1.91. The molecule has 0 saturated carbocycles. The van der Waals surface area contributed by atoms with Gasteiger partial charge in [0, 0.05) is 12.6 Å². The number of rotatable bonds is 3. The molecule has 2 nitrogen and oxygen atoms in total. The Morgan fingerprint density at radius 1 is 0.360 bits per heavy atom. The summed E-state index contributed by atoms with van der Waals surface area (Å²) in [6.07, 6.45) is 0. The first-order chi connectivity index (χ1) is 24.7. The van der Waals surface area contributed by atoms with Crippen LogP contribution < -0.4 is 0 Å². The van der Waals surface area contributed by atoms with Crippen LogP contribution in [0.25, 0.3) is 109 Å². The van der Waals surface area contributed by atoms with E-state index in [1.165, 1.54) is 86.9 Å². The molecule has 0 aliphatic carbocycles. The van der Waals surface area contributed by atoms with E-state index in [9.17, 15) is 0 Å². The van der Waals surface area contributed by atoms with Crippen molar-refractivity contribution in [2.24, 2.45) is 7.05 Å². The predicted molar refractivity (Wildman–Crippen MR) is 213 cm³/mol. The molecule has 0 unspecified atom stereocenters. The first-order valence-corrected chi connectivity index (χ1v) is 17.3. The van der Waals surface area contributed by atoms with E-state index >= 15 is 0 Å². The van der Waals surface area contributed by atoms with Crippen molar-refractivity contribution in [2.45, 2.75) is 0 Å². The average molecular weight is 635 g/mol. The van der Waals surface area contributed by atoms with Gasteiger partial charge in [0.15, 0.2) is 0 Å². The van der Waals surface area contributed by atoms with Crippen molar-refractivity contribution >= 4 is 75.7 Å². The van der Waals surface area contributed by atoms with E-state index in [0.29, 0.717) is 0 Å². The fourth-order valence-electron chi connectivity index (χ4n) is 8.53. The van der Waals surface area contributed by atoms with Gasteiger partial charge in [0.2, 0.25) is 0 Å². The molecule has 10 aromatic carbocycles. The van der Waals surface area contributed by atoms with Gasteiger partial charge in [-0.15, -0.1) is 0 Å². The van der Waals surface area contributed by atoms with Crippen molar-refractivity contribution in [3.8, 4) is 33.6 Å². The van der Waals surface area contributed by atoms with Gasteiger partial charge in [0.1, 0.15) is 5.82 Å². The maximum absolute atomic E-state index is 5.03. The Labute approximate surface area is 288 Å². The van der Waals surface area contributed by atoms with Gasteiger partial charge < -0.3 is 4.57 Å². The average Bonchev–Trinajstić information content (AvgIpc) is 3.51. The van der Waals surface area contributed by atoms with E-state index in [4.69, 9.17) is 4.98 Å². The number of hydrogen-bond donors (Lipinski definition) is 0. The van der Waals surface area contributed by atoms with Crippen LogP contribution in [0.1, 0.15) is 0 Å². The molecule has 0 bridgehead atoms. The largest absolute Gasteiger partial charge is 0.327 e. The Hall–Kier alpha value is -6.51. The van der Waals surface area contributed by atoms with Crippen LogP contribution >= 0.6 is 0 Å². The van der Waals surface area contributed by atoms with Crippen LogP contribution in [0, 0.1) is 0 Å². The normalized spacial score (nSPS) is 12.1. The minimum absolute atomic E-state index is 0.982. The predicted octanol–water partition coefficient (Wildman–Crippen LogP) is 12.9. The maximum Gasteiger partial charge on any atom is 0.140 e. The summed E-state index contributed by atoms with van der Waals surface area (Å²) in [5.41, 5.74) is 8.04. The molecule has 0 radical (unpaired) electrons. The SMILES string of the molecule is Cn1c(-c2ccccc2)nc2cc(-c3ccc(-c4cc5ccc6cccc7c8cccc9ccc%10cccc(c(c4)c5c67)c%10c98)cc3)ccc21. The zero-order valence-corrected chi connectivity index (χ0v) is 27.5. The molecule has 1 aromatic heterocycles. The van der Waals surface area contributed by atoms with E-state index in [2.05, 4.69) is 169 Å². The van der Waals surface area contributed by atoms with Crippen LogP contribution in [-0.2, 0) is 7.05 Å². The van der Waals surface area contributed by atoms with Gasteiger partial charge in [-0.25, -0.2) is 4.98 Å². The summed E-state index contributed by atoms with van der Waals surface area (Å²) >= 11 is 0. The van der Waals surface area contributed by atoms with Crippen molar-refractivity contribution in [2.75, 3.05) is 0 Å². The standard InChI is InChI=1S/C48H30N2/c1-50-43-25-24-35(28-42(43)49-48(50)34-8-3-2-4-9-34)29-16-18-30(19-17-29)37-26-36-23-22-33-11-6-14-39-38-13-5-10-31-20-21-32-12-7-15-40(46(32)44(31)38)41(27-37)47(36)45(33)39/h2-28H,1H3. The van der Waals surface area contributed by atoms with Gasteiger partial charge in [-0.05, 0) is 111 Å². The molecule has 0 fully saturated rings. The van der Waals surface area contributed by atoms with Gasteiger partial charge in [0.25, 0.3) is 0 Å². The van der Waals surface area contributed by atoms with Crippen molar-refractivity contribution < 1.29 is 0 Å². The number of imidazole rings is 1. The fraction of sp³-hybridized carbons (Fsp3) is 0.0208. The molecular formula is C48H30N2. The number of benzene rings is 9. The van der Waals surface area contributed by atoms with E-state index in [-0.39, 0.29) is 0 Å². The molecule has 50 heavy (non-hydrogen) atoms. The van der Waals surface area contributed by atoms with Crippen molar-refractivity contribution in [1.82, 2.24) is 9.55 Å².